The van der Waals surface area contributed by atoms with Crippen molar-refractivity contribution in [3.63, 3.8) is 0 Å². The van der Waals surface area contributed by atoms with Crippen LogP contribution in [0, 0.1) is 17.1 Å². The summed E-state index contributed by atoms with van der Waals surface area (Å²) in [6, 6.07) is 6.21. The number of nitrogens with one attached hydrogen (secondary N) is 1. The second-order valence-corrected chi connectivity index (χ2v) is 3.76. The average molecular weight is 236 g/mol. The van der Waals surface area contributed by atoms with Crippen LogP contribution in [0.3, 0.4) is 0 Å². The second-order valence-electron chi connectivity index (χ2n) is 3.76. The number of halogens is 1. The lowest BCUT2D eigenvalue weighted by molar-refractivity contribution is -0.0818. The van der Waals surface area contributed by atoms with Crippen LogP contribution >= 0.6 is 0 Å². The Balaban J connectivity index is 1.90. The molecule has 1 aromatic rings. The minimum atomic E-state index is -0.515. The first-order chi connectivity index (χ1) is 8.29. The fraction of sp³-hybridized carbons (Fsp3) is 0.417. The lowest BCUT2D eigenvalue weighted by Gasteiger charge is -2.23. The molecule has 90 valence electrons. The quantitative estimate of drug-likeness (QED) is 0.864. The van der Waals surface area contributed by atoms with Gasteiger partial charge >= 0.3 is 0 Å². The Kier molecular flexibility index (Phi) is 3.91. The molecule has 1 aliphatic heterocycles. The third-order valence-electron chi connectivity index (χ3n) is 2.51. The molecule has 0 aliphatic carbocycles. The van der Waals surface area contributed by atoms with E-state index in [0.29, 0.717) is 32.1 Å². The average Bonchev–Trinajstić information content (AvgIpc) is 2.38. The van der Waals surface area contributed by atoms with Crippen molar-refractivity contribution in [3.05, 3.63) is 29.6 Å². The zero-order valence-electron chi connectivity index (χ0n) is 9.28. The van der Waals surface area contributed by atoms with E-state index in [0.717, 1.165) is 0 Å². The van der Waals surface area contributed by atoms with Gasteiger partial charge in [0.15, 0.2) is 0 Å². The molecule has 5 heteroatoms. The number of nitrogens with zero attached hydrogens (tertiary/aromatic N) is 1. The normalized spacial score (nSPS) is 19.6. The highest BCUT2D eigenvalue weighted by molar-refractivity contribution is 5.48. The molecule has 0 radical (unpaired) electrons. The summed E-state index contributed by atoms with van der Waals surface area (Å²) in [5.74, 6) is -0.515. The molecule has 1 heterocycles. The van der Waals surface area contributed by atoms with Gasteiger partial charge < -0.3 is 14.8 Å². The van der Waals surface area contributed by atoms with Gasteiger partial charge in [-0.25, -0.2) is 4.39 Å². The van der Waals surface area contributed by atoms with Gasteiger partial charge in [0.1, 0.15) is 11.9 Å². The van der Waals surface area contributed by atoms with E-state index >= 15 is 0 Å². The van der Waals surface area contributed by atoms with Crippen molar-refractivity contribution in [2.45, 2.75) is 6.10 Å². The minimum Gasteiger partial charge on any atom is -0.382 e. The molecule has 17 heavy (non-hydrogen) atoms. The number of hydrogen-bond acceptors (Lipinski definition) is 4. The van der Waals surface area contributed by atoms with E-state index in [-0.39, 0.29) is 11.7 Å². The molecule has 1 aromatic carbocycles. The van der Waals surface area contributed by atoms with Crippen molar-refractivity contribution in [2.24, 2.45) is 0 Å². The van der Waals surface area contributed by atoms with E-state index < -0.39 is 5.82 Å². The summed E-state index contributed by atoms with van der Waals surface area (Å²) in [6.45, 7) is 2.33. The highest BCUT2D eigenvalue weighted by Crippen LogP contribution is 2.14. The number of hydrogen-bond donors (Lipinski definition) is 1. The van der Waals surface area contributed by atoms with E-state index in [2.05, 4.69) is 5.32 Å². The maximum Gasteiger partial charge on any atom is 0.143 e. The number of ether oxygens (including phenoxy) is 2. The van der Waals surface area contributed by atoms with Gasteiger partial charge in [-0.2, -0.15) is 5.26 Å². The molecule has 4 nitrogen and oxygen atoms in total. The number of nitriles is 1. The Morgan fingerprint density at radius 1 is 1.47 bits per heavy atom. The molecule has 1 unspecified atom stereocenters. The van der Waals surface area contributed by atoms with Gasteiger partial charge in [0, 0.05) is 12.2 Å². The van der Waals surface area contributed by atoms with Gasteiger partial charge in [-0.05, 0) is 18.2 Å². The Morgan fingerprint density at radius 3 is 3.00 bits per heavy atom. The minimum absolute atomic E-state index is 0.0116. The second kappa shape index (κ2) is 5.62. The van der Waals surface area contributed by atoms with Crippen molar-refractivity contribution >= 4 is 5.69 Å². The van der Waals surface area contributed by atoms with Gasteiger partial charge in [-0.3, -0.25) is 0 Å². The number of benzene rings is 1. The molecule has 0 saturated carbocycles. The predicted octanol–water partition coefficient (Wildman–Crippen LogP) is 1.52. The number of anilines is 1. The lowest BCUT2D eigenvalue weighted by atomic mass is 10.2. The first kappa shape index (κ1) is 11.8. The SMILES string of the molecule is N#Cc1ccc(NCC2COCCO2)cc1F. The van der Waals surface area contributed by atoms with Crippen molar-refractivity contribution in [1.82, 2.24) is 0 Å². The Morgan fingerprint density at radius 2 is 2.35 bits per heavy atom. The van der Waals surface area contributed by atoms with Crippen molar-refractivity contribution in [3.8, 4) is 6.07 Å². The largest absolute Gasteiger partial charge is 0.382 e. The zero-order valence-corrected chi connectivity index (χ0v) is 9.28. The summed E-state index contributed by atoms with van der Waals surface area (Å²) in [5.41, 5.74) is 0.684. The van der Waals surface area contributed by atoms with Crippen molar-refractivity contribution < 1.29 is 13.9 Å². The van der Waals surface area contributed by atoms with Gasteiger partial charge in [0.2, 0.25) is 0 Å². The molecular weight excluding hydrogens is 223 g/mol. The summed E-state index contributed by atoms with van der Waals surface area (Å²) >= 11 is 0. The summed E-state index contributed by atoms with van der Waals surface area (Å²) in [4.78, 5) is 0. The molecule has 0 amide bonds. The van der Waals surface area contributed by atoms with Crippen LogP contribution in [-0.2, 0) is 9.47 Å². The first-order valence-corrected chi connectivity index (χ1v) is 5.42. The van der Waals surface area contributed by atoms with Crippen LogP contribution in [-0.4, -0.2) is 32.5 Å². The van der Waals surface area contributed by atoms with Crippen molar-refractivity contribution in [2.75, 3.05) is 31.7 Å². The fourth-order valence-electron chi connectivity index (χ4n) is 1.60. The van der Waals surface area contributed by atoms with E-state index in [9.17, 15) is 4.39 Å². The number of rotatable bonds is 3. The molecule has 1 atom stereocenters. The van der Waals surface area contributed by atoms with E-state index in [1.54, 1.807) is 12.1 Å². The van der Waals surface area contributed by atoms with Crippen LogP contribution in [0.5, 0.6) is 0 Å². The summed E-state index contributed by atoms with van der Waals surface area (Å²) < 4.78 is 24.0. The third-order valence-corrected chi connectivity index (χ3v) is 2.51. The van der Waals surface area contributed by atoms with E-state index in [1.807, 2.05) is 0 Å². The Hall–Kier alpha value is -1.64. The fourth-order valence-corrected chi connectivity index (χ4v) is 1.60. The summed E-state index contributed by atoms with van der Waals surface area (Å²) in [7, 11) is 0. The maximum atomic E-state index is 13.3. The summed E-state index contributed by atoms with van der Waals surface area (Å²) in [5, 5.41) is 11.6. The van der Waals surface area contributed by atoms with Gasteiger partial charge in [0.05, 0.1) is 31.5 Å². The molecular formula is C12H13FN2O2. The molecule has 1 fully saturated rings. The van der Waals surface area contributed by atoms with Crippen molar-refractivity contribution in [1.29, 1.82) is 5.26 Å². The van der Waals surface area contributed by atoms with Gasteiger partial charge in [-0.15, -0.1) is 0 Å². The highest BCUT2D eigenvalue weighted by Gasteiger charge is 2.13. The molecule has 2 rings (SSSR count). The lowest BCUT2D eigenvalue weighted by Crippen LogP contribution is -2.34. The Labute approximate surface area is 99.0 Å². The van der Waals surface area contributed by atoms with Crippen LogP contribution in [0.1, 0.15) is 5.56 Å². The zero-order chi connectivity index (χ0) is 12.1. The van der Waals surface area contributed by atoms with E-state index in [1.165, 1.54) is 12.1 Å². The predicted molar refractivity (Wildman–Crippen MR) is 60.2 cm³/mol. The molecule has 0 bridgehead atoms. The van der Waals surface area contributed by atoms with Gasteiger partial charge in [0.25, 0.3) is 0 Å². The smallest absolute Gasteiger partial charge is 0.143 e. The molecule has 1 aliphatic rings. The molecule has 1 saturated heterocycles. The molecule has 0 aromatic heterocycles. The van der Waals surface area contributed by atoms with Crippen LogP contribution in [0.25, 0.3) is 0 Å². The Bertz CT molecular complexity index is 425. The first-order valence-electron chi connectivity index (χ1n) is 5.42. The highest BCUT2D eigenvalue weighted by atomic mass is 19.1. The monoisotopic (exact) mass is 236 g/mol. The van der Waals surface area contributed by atoms with Gasteiger partial charge in [-0.1, -0.05) is 0 Å². The summed E-state index contributed by atoms with van der Waals surface area (Å²) in [6.07, 6.45) is -0.0116. The maximum absolute atomic E-state index is 13.3. The van der Waals surface area contributed by atoms with Crippen LogP contribution < -0.4 is 5.32 Å². The van der Waals surface area contributed by atoms with Crippen LogP contribution in [0.15, 0.2) is 18.2 Å². The van der Waals surface area contributed by atoms with Crippen LogP contribution in [0.4, 0.5) is 10.1 Å². The molecule has 0 spiro atoms. The third kappa shape index (κ3) is 3.16. The molecule has 1 N–H and O–H groups in total. The van der Waals surface area contributed by atoms with Crippen LogP contribution in [0.2, 0.25) is 0 Å². The topological polar surface area (TPSA) is 54.3 Å². The van der Waals surface area contributed by atoms with E-state index in [4.69, 9.17) is 14.7 Å². The standard InChI is InChI=1S/C12H13FN2O2/c13-12-5-10(2-1-9(12)6-14)15-7-11-8-16-3-4-17-11/h1-2,5,11,15H,3-4,7-8H2.